The molecular formula is C25H37NO4. The van der Waals surface area contributed by atoms with Crippen LogP contribution in [0.1, 0.15) is 63.9 Å². The van der Waals surface area contributed by atoms with Crippen LogP contribution in [0.4, 0.5) is 0 Å². The van der Waals surface area contributed by atoms with Crippen LogP contribution >= 0.6 is 0 Å². The van der Waals surface area contributed by atoms with Gasteiger partial charge in [0.05, 0.1) is 12.2 Å². The summed E-state index contributed by atoms with van der Waals surface area (Å²) in [4.78, 5) is 23.7. The number of hydrogen-bond donors (Lipinski definition) is 3. The number of Topliss-reactive ketones (excluding diaryl/α,β-unsaturated/α-hetero) is 1. The molecule has 5 heteroatoms. The molecule has 0 aromatic heterocycles. The number of nitrogens with one attached hydrogen (secondary N) is 1. The molecule has 1 fully saturated rings. The highest BCUT2D eigenvalue weighted by Gasteiger charge is 2.40. The van der Waals surface area contributed by atoms with Gasteiger partial charge in [0.15, 0.2) is 0 Å². The van der Waals surface area contributed by atoms with E-state index in [9.17, 15) is 19.8 Å². The average Bonchev–Trinajstić information content (AvgIpc) is 3.00. The third-order valence-electron chi connectivity index (χ3n) is 6.04. The van der Waals surface area contributed by atoms with Gasteiger partial charge < -0.3 is 15.5 Å². The molecule has 1 aliphatic carbocycles. The predicted octanol–water partition coefficient (Wildman–Crippen LogP) is 3.58. The van der Waals surface area contributed by atoms with E-state index in [4.69, 9.17) is 0 Å². The number of unbranched alkanes of at least 4 members (excludes halogenated alkanes) is 1. The molecule has 0 spiro atoms. The lowest BCUT2D eigenvalue weighted by Gasteiger charge is -2.22. The zero-order valence-corrected chi connectivity index (χ0v) is 18.1. The highest BCUT2D eigenvalue weighted by molar-refractivity contribution is 5.78. The Hall–Kier alpha value is -1.98. The monoisotopic (exact) mass is 415 g/mol. The van der Waals surface area contributed by atoms with Gasteiger partial charge in [0.1, 0.15) is 5.78 Å². The van der Waals surface area contributed by atoms with Crippen molar-refractivity contribution < 1.29 is 19.8 Å². The van der Waals surface area contributed by atoms with Crippen LogP contribution in [-0.2, 0) is 16.0 Å². The van der Waals surface area contributed by atoms with Gasteiger partial charge >= 0.3 is 0 Å². The van der Waals surface area contributed by atoms with E-state index in [1.165, 1.54) is 0 Å². The van der Waals surface area contributed by atoms with Crippen molar-refractivity contribution in [2.24, 2.45) is 11.8 Å². The van der Waals surface area contributed by atoms with Crippen LogP contribution in [0.5, 0.6) is 0 Å². The summed E-state index contributed by atoms with van der Waals surface area (Å²) in [5.74, 6) is 0.242. The Kier molecular flexibility index (Phi) is 10.8. The Bertz CT molecular complexity index is 673. The Labute approximate surface area is 180 Å². The smallest absolute Gasteiger partial charge is 0.219 e. The van der Waals surface area contributed by atoms with Crippen molar-refractivity contribution in [1.82, 2.24) is 5.32 Å². The van der Waals surface area contributed by atoms with Gasteiger partial charge in [-0.1, -0.05) is 42.5 Å². The van der Waals surface area contributed by atoms with E-state index in [2.05, 4.69) is 11.4 Å². The number of aryl methyl sites for hydroxylation is 1. The highest BCUT2D eigenvalue weighted by Crippen LogP contribution is 2.38. The van der Waals surface area contributed by atoms with E-state index in [1.807, 2.05) is 43.3 Å². The summed E-state index contributed by atoms with van der Waals surface area (Å²) in [7, 11) is 0. The predicted molar refractivity (Wildman–Crippen MR) is 119 cm³/mol. The van der Waals surface area contributed by atoms with Crippen molar-refractivity contribution in [3.63, 3.8) is 0 Å². The number of carbonyl (C=O) groups is 2. The molecule has 30 heavy (non-hydrogen) atoms. The second kappa shape index (κ2) is 13.3. The molecule has 3 N–H and O–H groups in total. The van der Waals surface area contributed by atoms with Gasteiger partial charge in [0, 0.05) is 25.8 Å². The topological polar surface area (TPSA) is 86.6 Å². The summed E-state index contributed by atoms with van der Waals surface area (Å²) in [6, 6.07) is 9.99. The molecule has 0 radical (unpaired) electrons. The number of ketones is 1. The van der Waals surface area contributed by atoms with Gasteiger partial charge in [-0.2, -0.15) is 0 Å². The molecule has 0 aliphatic heterocycles. The average molecular weight is 416 g/mol. The molecule has 0 bridgehead atoms. The number of amides is 1. The third-order valence-corrected chi connectivity index (χ3v) is 6.04. The number of aliphatic hydroxyl groups excluding tert-OH is 2. The first-order chi connectivity index (χ1) is 14.5. The summed E-state index contributed by atoms with van der Waals surface area (Å²) < 4.78 is 0. The fraction of sp³-hybridized carbons (Fsp3) is 0.600. The second-order valence-corrected chi connectivity index (χ2v) is 8.31. The molecule has 4 unspecified atom stereocenters. The quantitative estimate of drug-likeness (QED) is 0.339. The van der Waals surface area contributed by atoms with Crippen LogP contribution in [0.25, 0.3) is 0 Å². The molecule has 5 nitrogen and oxygen atoms in total. The first-order valence-electron chi connectivity index (χ1n) is 11.3. The molecule has 166 valence electrons. The molecule has 1 saturated carbocycles. The Balaban J connectivity index is 1.72. The number of carbonyl (C=O) groups excluding carboxylic acids is 2. The SMILES string of the molecule is CCNC(=O)CCC/C=C/CC1C(O)CC(O)C1CCC(=O)CCc1ccccc1. The zero-order chi connectivity index (χ0) is 21.8. The van der Waals surface area contributed by atoms with E-state index < -0.39 is 12.2 Å². The lowest BCUT2D eigenvalue weighted by atomic mass is 9.86. The maximum atomic E-state index is 12.3. The maximum Gasteiger partial charge on any atom is 0.219 e. The molecule has 1 aromatic carbocycles. The van der Waals surface area contributed by atoms with E-state index in [-0.39, 0.29) is 23.5 Å². The molecule has 4 atom stereocenters. The van der Waals surface area contributed by atoms with Crippen molar-refractivity contribution in [2.75, 3.05) is 6.54 Å². The molecule has 1 aliphatic rings. The molecular weight excluding hydrogens is 378 g/mol. The Morgan fingerprint density at radius 3 is 2.50 bits per heavy atom. The van der Waals surface area contributed by atoms with Gasteiger partial charge in [0.25, 0.3) is 0 Å². The van der Waals surface area contributed by atoms with Crippen LogP contribution in [-0.4, -0.2) is 40.7 Å². The van der Waals surface area contributed by atoms with Crippen LogP contribution in [0.2, 0.25) is 0 Å². The van der Waals surface area contributed by atoms with Gasteiger partial charge in [-0.3, -0.25) is 9.59 Å². The van der Waals surface area contributed by atoms with Crippen molar-refractivity contribution in [2.45, 2.75) is 76.9 Å². The van der Waals surface area contributed by atoms with E-state index in [1.54, 1.807) is 0 Å². The van der Waals surface area contributed by atoms with E-state index in [0.717, 1.165) is 24.8 Å². The van der Waals surface area contributed by atoms with Crippen molar-refractivity contribution in [1.29, 1.82) is 0 Å². The van der Waals surface area contributed by atoms with E-state index >= 15 is 0 Å². The lowest BCUT2D eigenvalue weighted by molar-refractivity contribution is -0.121. The minimum Gasteiger partial charge on any atom is -0.393 e. The third kappa shape index (κ3) is 8.41. The Morgan fingerprint density at radius 2 is 1.77 bits per heavy atom. The maximum absolute atomic E-state index is 12.3. The zero-order valence-electron chi connectivity index (χ0n) is 18.1. The second-order valence-electron chi connectivity index (χ2n) is 8.31. The van der Waals surface area contributed by atoms with Crippen LogP contribution in [0.15, 0.2) is 42.5 Å². The van der Waals surface area contributed by atoms with Crippen molar-refractivity contribution in [3.05, 3.63) is 48.0 Å². The summed E-state index contributed by atoms with van der Waals surface area (Å²) in [6.45, 7) is 2.57. The molecule has 0 saturated heterocycles. The fourth-order valence-corrected chi connectivity index (χ4v) is 4.32. The van der Waals surface area contributed by atoms with Crippen LogP contribution < -0.4 is 5.32 Å². The molecule has 1 amide bonds. The van der Waals surface area contributed by atoms with Gasteiger partial charge in [-0.15, -0.1) is 0 Å². The first-order valence-corrected chi connectivity index (χ1v) is 11.3. The number of hydrogen-bond acceptors (Lipinski definition) is 4. The normalized spacial score (nSPS) is 23.7. The standard InChI is InChI=1S/C25H37NO4/c1-2-26-25(30)13-9-4-3-8-12-21-22(24(29)18-23(21)28)17-16-20(27)15-14-19-10-6-5-7-11-19/h3,5-8,10-11,21-24,28-29H,2,4,9,12-18H2,1H3,(H,26,30)/b8-3+. The van der Waals surface area contributed by atoms with Crippen LogP contribution in [0, 0.1) is 11.8 Å². The van der Waals surface area contributed by atoms with Gasteiger partial charge in [0.2, 0.25) is 5.91 Å². The van der Waals surface area contributed by atoms with Crippen molar-refractivity contribution >= 4 is 11.7 Å². The highest BCUT2D eigenvalue weighted by atomic mass is 16.3. The van der Waals surface area contributed by atoms with E-state index in [0.29, 0.717) is 45.1 Å². The van der Waals surface area contributed by atoms with Crippen LogP contribution in [0.3, 0.4) is 0 Å². The summed E-state index contributed by atoms with van der Waals surface area (Å²) in [5.41, 5.74) is 1.16. The minimum atomic E-state index is -0.543. The van der Waals surface area contributed by atoms with Gasteiger partial charge in [-0.25, -0.2) is 0 Å². The summed E-state index contributed by atoms with van der Waals surface area (Å²) in [6.07, 6.45) is 8.62. The molecule has 1 aromatic rings. The summed E-state index contributed by atoms with van der Waals surface area (Å²) >= 11 is 0. The lowest BCUT2D eigenvalue weighted by Crippen LogP contribution is -2.22. The van der Waals surface area contributed by atoms with Crippen molar-refractivity contribution in [3.8, 4) is 0 Å². The number of rotatable bonds is 13. The number of allylic oxidation sites excluding steroid dienone is 2. The Morgan fingerprint density at radius 1 is 1.03 bits per heavy atom. The molecule has 2 rings (SSSR count). The number of benzene rings is 1. The minimum absolute atomic E-state index is 0.0124. The first kappa shape index (κ1) is 24.3. The molecule has 0 heterocycles. The fourth-order valence-electron chi connectivity index (χ4n) is 4.32. The number of aliphatic hydroxyl groups is 2. The summed E-state index contributed by atoms with van der Waals surface area (Å²) in [5, 5.41) is 23.5. The van der Waals surface area contributed by atoms with Gasteiger partial charge in [-0.05, 0) is 62.8 Å². The largest absolute Gasteiger partial charge is 0.393 e.